The Bertz CT molecular complexity index is 384. The number of nitrogens with zero attached hydrogens (tertiary/aromatic N) is 1. The lowest BCUT2D eigenvalue weighted by atomic mass is 10.3. The van der Waals surface area contributed by atoms with E-state index in [1.165, 1.54) is 6.26 Å². The van der Waals surface area contributed by atoms with Gasteiger partial charge in [-0.25, -0.2) is 0 Å². The number of nitrogen functional groups attached to an aromatic ring is 1. The Hall–Kier alpha value is -1.97. The summed E-state index contributed by atoms with van der Waals surface area (Å²) in [6.45, 7) is 0. The molecule has 0 fully saturated rings. The highest BCUT2D eigenvalue weighted by Crippen LogP contribution is 2.20. The summed E-state index contributed by atoms with van der Waals surface area (Å²) in [4.78, 5) is 0. The van der Waals surface area contributed by atoms with Gasteiger partial charge in [-0.1, -0.05) is 6.07 Å². The molecule has 0 radical (unpaired) electrons. The summed E-state index contributed by atoms with van der Waals surface area (Å²) in [5.74, 6) is 1.07. The summed E-state index contributed by atoms with van der Waals surface area (Å²) in [7, 11) is 0. The highest BCUT2D eigenvalue weighted by atomic mass is 16.5. The third-order valence-corrected chi connectivity index (χ3v) is 1.49. The first-order chi connectivity index (χ1) is 6.34. The summed E-state index contributed by atoms with van der Waals surface area (Å²) < 4.78 is 9.92. The first-order valence-electron chi connectivity index (χ1n) is 3.78. The van der Waals surface area contributed by atoms with E-state index in [0.717, 1.165) is 0 Å². The largest absolute Gasteiger partial charge is 0.436 e. The van der Waals surface area contributed by atoms with Gasteiger partial charge >= 0.3 is 0 Å². The van der Waals surface area contributed by atoms with Crippen molar-refractivity contribution >= 4 is 5.69 Å². The average molecular weight is 176 g/mol. The third kappa shape index (κ3) is 1.79. The molecule has 4 nitrogen and oxygen atoms in total. The van der Waals surface area contributed by atoms with E-state index in [1.54, 1.807) is 24.3 Å². The molecule has 2 aromatic rings. The zero-order valence-electron chi connectivity index (χ0n) is 6.81. The molecule has 0 atom stereocenters. The molecule has 1 aromatic carbocycles. The van der Waals surface area contributed by atoms with Crippen LogP contribution in [0.5, 0.6) is 11.6 Å². The Labute approximate surface area is 74.9 Å². The molecule has 0 aliphatic carbocycles. The monoisotopic (exact) mass is 176 g/mol. The fourth-order valence-corrected chi connectivity index (χ4v) is 0.953. The lowest BCUT2D eigenvalue weighted by Crippen LogP contribution is -1.87. The number of hydrogen-bond donors (Lipinski definition) is 1. The molecule has 0 saturated carbocycles. The van der Waals surface area contributed by atoms with Crippen molar-refractivity contribution in [3.63, 3.8) is 0 Å². The van der Waals surface area contributed by atoms with Crippen LogP contribution in [0.15, 0.2) is 41.1 Å². The number of anilines is 1. The van der Waals surface area contributed by atoms with Gasteiger partial charge in [0, 0.05) is 17.8 Å². The van der Waals surface area contributed by atoms with Crippen LogP contribution in [0.2, 0.25) is 0 Å². The van der Waals surface area contributed by atoms with Crippen LogP contribution in [-0.2, 0) is 0 Å². The van der Waals surface area contributed by atoms with E-state index >= 15 is 0 Å². The molecule has 0 spiro atoms. The van der Waals surface area contributed by atoms with Gasteiger partial charge in [0.05, 0.1) is 0 Å². The molecular weight excluding hydrogens is 168 g/mol. The van der Waals surface area contributed by atoms with E-state index in [9.17, 15) is 0 Å². The van der Waals surface area contributed by atoms with Gasteiger partial charge in [-0.05, 0) is 17.3 Å². The van der Waals surface area contributed by atoms with E-state index in [4.69, 9.17) is 10.5 Å². The molecule has 0 unspecified atom stereocenters. The summed E-state index contributed by atoms with van der Waals surface area (Å²) in [5.41, 5.74) is 6.22. The molecule has 0 bridgehead atoms. The Kier molecular flexibility index (Phi) is 1.88. The number of hydrogen-bond acceptors (Lipinski definition) is 4. The van der Waals surface area contributed by atoms with Crippen LogP contribution in [-0.4, -0.2) is 5.16 Å². The quantitative estimate of drug-likeness (QED) is 0.711. The van der Waals surface area contributed by atoms with Gasteiger partial charge in [0.2, 0.25) is 0 Å². The number of benzene rings is 1. The van der Waals surface area contributed by atoms with E-state index in [-0.39, 0.29) is 0 Å². The van der Waals surface area contributed by atoms with Crippen molar-refractivity contribution in [1.29, 1.82) is 0 Å². The molecular formula is C9H8N2O2. The smallest absolute Gasteiger partial charge is 0.259 e. The molecule has 0 aliphatic heterocycles. The van der Waals surface area contributed by atoms with Crippen molar-refractivity contribution in [3.05, 3.63) is 36.6 Å². The number of ether oxygens (including phenoxy) is 1. The van der Waals surface area contributed by atoms with Crippen LogP contribution in [0.25, 0.3) is 0 Å². The van der Waals surface area contributed by atoms with Gasteiger partial charge in [0.15, 0.2) is 0 Å². The van der Waals surface area contributed by atoms with Crippen molar-refractivity contribution in [2.45, 2.75) is 0 Å². The number of aromatic nitrogens is 1. The Balaban J connectivity index is 2.19. The Morgan fingerprint density at radius 3 is 2.92 bits per heavy atom. The average Bonchev–Trinajstić information content (AvgIpc) is 2.57. The second kappa shape index (κ2) is 3.18. The molecule has 0 saturated heterocycles. The highest BCUT2D eigenvalue weighted by molar-refractivity contribution is 5.44. The van der Waals surface area contributed by atoms with Crippen LogP contribution in [0.3, 0.4) is 0 Å². The maximum atomic E-state index is 5.56. The third-order valence-electron chi connectivity index (χ3n) is 1.49. The predicted molar refractivity (Wildman–Crippen MR) is 47.4 cm³/mol. The van der Waals surface area contributed by atoms with Crippen LogP contribution in [0, 0.1) is 0 Å². The minimum absolute atomic E-state index is 0.422. The lowest BCUT2D eigenvalue weighted by molar-refractivity contribution is 0.367. The first-order valence-corrected chi connectivity index (χ1v) is 3.78. The van der Waals surface area contributed by atoms with Crippen molar-refractivity contribution in [3.8, 4) is 11.6 Å². The van der Waals surface area contributed by atoms with Gasteiger partial charge in [-0.2, -0.15) is 0 Å². The van der Waals surface area contributed by atoms with Gasteiger partial charge in [-0.3, -0.25) is 0 Å². The molecule has 2 N–H and O–H groups in total. The molecule has 0 aliphatic rings. The van der Waals surface area contributed by atoms with Crippen molar-refractivity contribution in [2.75, 3.05) is 5.73 Å². The van der Waals surface area contributed by atoms with Gasteiger partial charge < -0.3 is 15.0 Å². The number of rotatable bonds is 2. The van der Waals surface area contributed by atoms with E-state index in [2.05, 4.69) is 9.68 Å². The maximum absolute atomic E-state index is 5.56. The summed E-state index contributed by atoms with van der Waals surface area (Å²) >= 11 is 0. The minimum Gasteiger partial charge on any atom is -0.436 e. The molecule has 66 valence electrons. The van der Waals surface area contributed by atoms with Crippen LogP contribution in [0.4, 0.5) is 5.69 Å². The lowest BCUT2D eigenvalue weighted by Gasteiger charge is -2.00. The molecule has 0 amide bonds. The fourth-order valence-electron chi connectivity index (χ4n) is 0.953. The topological polar surface area (TPSA) is 61.3 Å². The Morgan fingerprint density at radius 1 is 1.31 bits per heavy atom. The van der Waals surface area contributed by atoms with E-state index in [1.807, 2.05) is 6.07 Å². The van der Waals surface area contributed by atoms with E-state index in [0.29, 0.717) is 17.3 Å². The Morgan fingerprint density at radius 2 is 2.23 bits per heavy atom. The molecule has 2 rings (SSSR count). The molecule has 1 heterocycles. The predicted octanol–water partition coefficient (Wildman–Crippen LogP) is 2.05. The van der Waals surface area contributed by atoms with Gasteiger partial charge in [0.25, 0.3) is 5.88 Å². The van der Waals surface area contributed by atoms with E-state index < -0.39 is 0 Å². The normalized spacial score (nSPS) is 9.85. The molecule has 1 aromatic heterocycles. The van der Waals surface area contributed by atoms with Crippen molar-refractivity contribution in [1.82, 2.24) is 5.16 Å². The van der Waals surface area contributed by atoms with Crippen LogP contribution < -0.4 is 10.5 Å². The first kappa shape index (κ1) is 7.67. The summed E-state index contributed by atoms with van der Waals surface area (Å²) in [6, 6.07) is 8.74. The molecule has 13 heavy (non-hydrogen) atoms. The van der Waals surface area contributed by atoms with Crippen molar-refractivity contribution < 1.29 is 9.26 Å². The summed E-state index contributed by atoms with van der Waals surface area (Å²) in [5, 5.41) is 3.60. The second-order valence-corrected chi connectivity index (χ2v) is 2.51. The van der Waals surface area contributed by atoms with Crippen molar-refractivity contribution in [2.24, 2.45) is 0 Å². The SMILES string of the molecule is Nc1cccc(Oc2ccon2)c1. The fraction of sp³-hybridized carbons (Fsp3) is 0. The number of nitrogens with two attached hydrogens (primary N) is 1. The maximum Gasteiger partial charge on any atom is 0.259 e. The van der Waals surface area contributed by atoms with Gasteiger partial charge in [0.1, 0.15) is 12.0 Å². The summed E-state index contributed by atoms with van der Waals surface area (Å²) in [6.07, 6.45) is 1.45. The minimum atomic E-state index is 0.422. The van der Waals surface area contributed by atoms with Gasteiger partial charge in [-0.15, -0.1) is 0 Å². The van der Waals surface area contributed by atoms with Crippen LogP contribution >= 0.6 is 0 Å². The highest BCUT2D eigenvalue weighted by Gasteiger charge is 1.99. The van der Waals surface area contributed by atoms with Crippen LogP contribution in [0.1, 0.15) is 0 Å². The second-order valence-electron chi connectivity index (χ2n) is 2.51. The zero-order chi connectivity index (χ0) is 9.10. The molecule has 4 heteroatoms. The standard InChI is InChI=1S/C9H8N2O2/c10-7-2-1-3-8(6-7)13-9-4-5-12-11-9/h1-6H,10H2. The zero-order valence-corrected chi connectivity index (χ0v) is 6.81.